The molecule has 0 saturated carbocycles. The molecule has 0 saturated heterocycles. The van der Waals surface area contributed by atoms with Crippen LogP contribution in [0, 0.1) is 0 Å². The summed E-state index contributed by atoms with van der Waals surface area (Å²) < 4.78 is 5.10. The maximum Gasteiger partial charge on any atom is 0.362 e. The van der Waals surface area contributed by atoms with Gasteiger partial charge in [-0.15, -0.1) is 5.11 Å². The van der Waals surface area contributed by atoms with Crippen molar-refractivity contribution in [2.75, 3.05) is 0 Å². The van der Waals surface area contributed by atoms with E-state index in [4.69, 9.17) is 9.84 Å². The van der Waals surface area contributed by atoms with Gasteiger partial charge in [0.15, 0.2) is 0 Å². The van der Waals surface area contributed by atoms with Gasteiger partial charge in [-0.05, 0) is 36.8 Å². The number of allylic oxidation sites excluding steroid dienone is 1. The number of rotatable bonds is 6. The summed E-state index contributed by atoms with van der Waals surface area (Å²) in [5.41, 5.74) is 0.917. The van der Waals surface area contributed by atoms with Crippen molar-refractivity contribution >= 4 is 17.6 Å². The Morgan fingerprint density at radius 1 is 1.00 bits per heavy atom. The van der Waals surface area contributed by atoms with E-state index >= 15 is 0 Å². The first kappa shape index (κ1) is 17.9. The molecule has 0 amide bonds. The van der Waals surface area contributed by atoms with Crippen LogP contribution in [0.1, 0.15) is 22.8 Å². The second-order valence-electron chi connectivity index (χ2n) is 5.05. The van der Waals surface area contributed by atoms with Crippen LogP contribution in [-0.4, -0.2) is 22.2 Å². The molecule has 7 heteroatoms. The zero-order valence-corrected chi connectivity index (χ0v) is 13.4. The number of aliphatic hydroxyl groups is 1. The van der Waals surface area contributed by atoms with Crippen molar-refractivity contribution in [3.8, 4) is 0 Å². The first-order chi connectivity index (χ1) is 12.0. The van der Waals surface area contributed by atoms with Crippen LogP contribution >= 0.6 is 0 Å². The number of carbonyl (C=O) groups is 2. The molecule has 128 valence electrons. The molecule has 25 heavy (non-hydrogen) atoms. The van der Waals surface area contributed by atoms with E-state index in [2.05, 4.69) is 10.2 Å². The molecule has 0 aliphatic carbocycles. The Bertz CT molecular complexity index is 807. The predicted molar refractivity (Wildman–Crippen MR) is 89.5 cm³/mol. The van der Waals surface area contributed by atoms with Gasteiger partial charge < -0.3 is 14.9 Å². The maximum atomic E-state index is 12.1. The Balaban J connectivity index is 2.06. The highest BCUT2D eigenvalue weighted by Crippen LogP contribution is 2.17. The average Bonchev–Trinajstić information content (AvgIpc) is 2.61. The molecule has 2 rings (SSSR count). The normalized spacial score (nSPS) is 11.9. The van der Waals surface area contributed by atoms with Gasteiger partial charge in [0, 0.05) is 0 Å². The number of azo groups is 1. The average molecular weight is 340 g/mol. The van der Waals surface area contributed by atoms with Crippen molar-refractivity contribution in [2.45, 2.75) is 13.5 Å². The van der Waals surface area contributed by atoms with Crippen molar-refractivity contribution in [1.82, 2.24) is 0 Å². The number of aliphatic hydroxyl groups excluding tert-OH is 1. The summed E-state index contributed by atoms with van der Waals surface area (Å²) >= 11 is 0. The highest BCUT2D eigenvalue weighted by atomic mass is 16.5. The lowest BCUT2D eigenvalue weighted by Gasteiger charge is -2.05. The van der Waals surface area contributed by atoms with E-state index in [1.165, 1.54) is 31.2 Å². The zero-order valence-electron chi connectivity index (χ0n) is 13.4. The Morgan fingerprint density at radius 2 is 1.64 bits per heavy atom. The largest absolute Gasteiger partial charge is 0.510 e. The molecule has 0 atom stereocenters. The highest BCUT2D eigenvalue weighted by Gasteiger charge is 2.15. The van der Waals surface area contributed by atoms with E-state index in [9.17, 15) is 14.7 Å². The van der Waals surface area contributed by atoms with E-state index in [1.54, 1.807) is 12.1 Å². The number of aromatic carboxylic acids is 1. The lowest BCUT2D eigenvalue weighted by Crippen LogP contribution is -2.08. The molecule has 2 aromatic carbocycles. The fraction of sp³-hybridized carbons (Fsp3) is 0.111. The standard InChI is InChI=1S/C18H16N2O5/c1-12(21)16(18(24)25-11-13-5-3-2-4-6-13)20-19-15-9-7-14(8-10-15)17(22)23/h2-10,21H,11H2,1H3,(H,22,23)/b16-12+,20-19?. The van der Waals surface area contributed by atoms with Crippen molar-refractivity contribution in [1.29, 1.82) is 0 Å². The Kier molecular flexibility index (Phi) is 6.00. The third kappa shape index (κ3) is 5.28. The minimum absolute atomic E-state index is 0.0410. The van der Waals surface area contributed by atoms with Crippen LogP contribution in [0.15, 0.2) is 76.3 Å². The first-order valence-corrected chi connectivity index (χ1v) is 7.33. The quantitative estimate of drug-likeness (QED) is 0.357. The Labute approximate surface area is 143 Å². The molecule has 0 fully saturated rings. The molecule has 0 spiro atoms. The van der Waals surface area contributed by atoms with Crippen LogP contribution < -0.4 is 0 Å². The second kappa shape index (κ2) is 8.39. The summed E-state index contributed by atoms with van der Waals surface area (Å²) in [7, 11) is 0. The Hall–Kier alpha value is -3.48. The fourth-order valence-corrected chi connectivity index (χ4v) is 1.83. The van der Waals surface area contributed by atoms with Gasteiger partial charge in [0.2, 0.25) is 5.70 Å². The van der Waals surface area contributed by atoms with Gasteiger partial charge in [-0.3, -0.25) is 0 Å². The predicted octanol–water partition coefficient (Wildman–Crippen LogP) is 4.00. The number of carbonyl (C=O) groups excluding carboxylic acids is 1. The maximum absolute atomic E-state index is 12.1. The van der Waals surface area contributed by atoms with Crippen molar-refractivity contribution < 1.29 is 24.5 Å². The highest BCUT2D eigenvalue weighted by molar-refractivity contribution is 5.88. The summed E-state index contributed by atoms with van der Waals surface area (Å²) in [6, 6.07) is 14.7. The molecule has 0 unspecified atom stereocenters. The van der Waals surface area contributed by atoms with Gasteiger partial charge in [0.25, 0.3) is 0 Å². The van der Waals surface area contributed by atoms with Crippen LogP contribution in [0.4, 0.5) is 5.69 Å². The number of benzene rings is 2. The molecule has 0 heterocycles. The monoisotopic (exact) mass is 340 g/mol. The van der Waals surface area contributed by atoms with Gasteiger partial charge in [-0.25, -0.2) is 9.59 Å². The van der Waals surface area contributed by atoms with E-state index in [0.29, 0.717) is 5.69 Å². The first-order valence-electron chi connectivity index (χ1n) is 7.33. The summed E-state index contributed by atoms with van der Waals surface area (Å²) in [5.74, 6) is -2.20. The molecule has 0 bridgehead atoms. The number of carboxylic acids is 1. The fourth-order valence-electron chi connectivity index (χ4n) is 1.83. The summed E-state index contributed by atoms with van der Waals surface area (Å²) in [6.45, 7) is 1.34. The topological polar surface area (TPSA) is 109 Å². The number of ether oxygens (including phenoxy) is 1. The SMILES string of the molecule is C/C(O)=C(\N=Nc1ccc(C(=O)O)cc1)C(=O)OCc1ccccc1. The van der Waals surface area contributed by atoms with Crippen LogP contribution in [0.2, 0.25) is 0 Å². The van der Waals surface area contributed by atoms with Crippen LogP contribution in [0.25, 0.3) is 0 Å². The third-order valence-electron chi connectivity index (χ3n) is 3.13. The minimum atomic E-state index is -1.06. The van der Waals surface area contributed by atoms with Crippen LogP contribution in [0.3, 0.4) is 0 Å². The van der Waals surface area contributed by atoms with E-state index in [1.807, 2.05) is 18.2 Å². The molecule has 0 aliphatic rings. The van der Waals surface area contributed by atoms with Gasteiger partial charge >= 0.3 is 11.9 Å². The molecule has 2 aromatic rings. The van der Waals surface area contributed by atoms with Crippen LogP contribution in [0.5, 0.6) is 0 Å². The van der Waals surface area contributed by atoms with Crippen molar-refractivity contribution in [3.63, 3.8) is 0 Å². The van der Waals surface area contributed by atoms with Crippen molar-refractivity contribution in [3.05, 3.63) is 77.2 Å². The van der Waals surface area contributed by atoms with Gasteiger partial charge in [0.05, 0.1) is 11.3 Å². The zero-order chi connectivity index (χ0) is 18.2. The lowest BCUT2D eigenvalue weighted by atomic mass is 10.2. The lowest BCUT2D eigenvalue weighted by molar-refractivity contribution is -0.140. The smallest absolute Gasteiger partial charge is 0.362 e. The number of carboxylic acid groups (broad SMARTS) is 1. The number of esters is 1. The van der Waals surface area contributed by atoms with E-state index < -0.39 is 11.9 Å². The number of hydrogen-bond acceptors (Lipinski definition) is 6. The molecule has 0 aliphatic heterocycles. The van der Waals surface area contributed by atoms with E-state index in [0.717, 1.165) is 5.56 Å². The van der Waals surface area contributed by atoms with Crippen molar-refractivity contribution in [2.24, 2.45) is 10.2 Å². The van der Waals surface area contributed by atoms with Gasteiger partial charge in [-0.1, -0.05) is 30.3 Å². The summed E-state index contributed by atoms with van der Waals surface area (Å²) in [4.78, 5) is 22.8. The molecular formula is C18H16N2O5. The summed E-state index contributed by atoms with van der Waals surface area (Å²) in [5, 5.41) is 26.0. The third-order valence-corrected chi connectivity index (χ3v) is 3.13. The number of hydrogen-bond donors (Lipinski definition) is 2. The van der Waals surface area contributed by atoms with Crippen LogP contribution in [-0.2, 0) is 16.1 Å². The Morgan fingerprint density at radius 3 is 2.20 bits per heavy atom. The molecular weight excluding hydrogens is 324 g/mol. The second-order valence-corrected chi connectivity index (χ2v) is 5.05. The number of nitrogens with zero attached hydrogens (tertiary/aromatic N) is 2. The molecule has 0 aromatic heterocycles. The molecule has 7 nitrogen and oxygen atoms in total. The molecule has 0 radical (unpaired) electrons. The summed E-state index contributed by atoms with van der Waals surface area (Å²) in [6.07, 6.45) is 0. The van der Waals surface area contributed by atoms with E-state index in [-0.39, 0.29) is 23.6 Å². The van der Waals surface area contributed by atoms with Gasteiger partial charge in [-0.2, -0.15) is 5.11 Å². The van der Waals surface area contributed by atoms with Gasteiger partial charge in [0.1, 0.15) is 12.4 Å². The minimum Gasteiger partial charge on any atom is -0.510 e. The molecule has 2 N–H and O–H groups in total.